The van der Waals surface area contributed by atoms with Gasteiger partial charge in [0.2, 0.25) is 0 Å². The van der Waals surface area contributed by atoms with Crippen molar-refractivity contribution in [3.63, 3.8) is 0 Å². The summed E-state index contributed by atoms with van der Waals surface area (Å²) >= 11 is 5.55. The largest absolute Gasteiger partial charge is 0.122 e. The molecule has 0 saturated heterocycles. The third kappa shape index (κ3) is 2.15. The smallest absolute Gasteiger partial charge is 0.0474 e. The Kier molecular flexibility index (Phi) is 2.78. The fourth-order valence-electron chi connectivity index (χ4n) is 0.703. The van der Waals surface area contributed by atoms with Crippen molar-refractivity contribution in [2.45, 2.75) is 5.88 Å². The minimum absolute atomic E-state index is 0.483. The van der Waals surface area contributed by atoms with Gasteiger partial charge >= 0.3 is 0 Å². The molecule has 1 aromatic carbocycles. The highest BCUT2D eigenvalue weighted by molar-refractivity contribution is 6.17. The van der Waals surface area contributed by atoms with Gasteiger partial charge in [0.05, 0.1) is 0 Å². The second kappa shape index (κ2) is 3.86. The Labute approximate surface area is 69.2 Å². The molecule has 0 heterocycles. The molecule has 1 aromatic rings. The number of benzene rings is 1. The van der Waals surface area contributed by atoms with Crippen molar-refractivity contribution in [2.75, 3.05) is 0 Å². The molecule has 3 nitrogen and oxygen atoms in total. The molecule has 0 unspecified atom stereocenters. The first-order valence-electron chi connectivity index (χ1n) is 3.07. The van der Waals surface area contributed by atoms with Crippen LogP contribution in [0.5, 0.6) is 0 Å². The summed E-state index contributed by atoms with van der Waals surface area (Å²) in [5.41, 5.74) is 9.71. The van der Waals surface area contributed by atoms with Crippen molar-refractivity contribution in [1.29, 1.82) is 0 Å². The normalized spacial score (nSPS) is 8.82. The number of nitrogens with zero attached hydrogens (tertiary/aromatic N) is 3. The molecule has 1 rings (SSSR count). The lowest BCUT2D eigenvalue weighted by Gasteiger charge is -1.93. The monoisotopic (exact) mass is 167 g/mol. The van der Waals surface area contributed by atoms with Crippen molar-refractivity contribution < 1.29 is 0 Å². The van der Waals surface area contributed by atoms with Gasteiger partial charge in [-0.2, -0.15) is 0 Å². The van der Waals surface area contributed by atoms with E-state index >= 15 is 0 Å². The van der Waals surface area contributed by atoms with Gasteiger partial charge in [0.25, 0.3) is 0 Å². The van der Waals surface area contributed by atoms with Crippen LogP contribution >= 0.6 is 11.6 Å². The van der Waals surface area contributed by atoms with Crippen LogP contribution in [0.1, 0.15) is 5.56 Å². The van der Waals surface area contributed by atoms with E-state index < -0.39 is 0 Å². The maximum atomic E-state index is 8.08. The zero-order valence-electron chi connectivity index (χ0n) is 5.74. The number of azide groups is 1. The average Bonchev–Trinajstić information content (AvgIpc) is 2.07. The summed E-state index contributed by atoms with van der Waals surface area (Å²) in [6.07, 6.45) is 0. The van der Waals surface area contributed by atoms with Crippen LogP contribution in [-0.4, -0.2) is 0 Å². The predicted octanol–water partition coefficient (Wildman–Crippen LogP) is 3.37. The van der Waals surface area contributed by atoms with Crippen LogP contribution in [-0.2, 0) is 5.88 Å². The minimum atomic E-state index is 0.483. The summed E-state index contributed by atoms with van der Waals surface area (Å²) in [6, 6.07) is 7.13. The van der Waals surface area contributed by atoms with Crippen LogP contribution in [0.15, 0.2) is 29.4 Å². The second-order valence-electron chi connectivity index (χ2n) is 1.99. The van der Waals surface area contributed by atoms with Crippen molar-refractivity contribution in [3.8, 4) is 0 Å². The van der Waals surface area contributed by atoms with Crippen LogP contribution in [0.4, 0.5) is 5.69 Å². The van der Waals surface area contributed by atoms with E-state index in [1.54, 1.807) is 12.1 Å². The van der Waals surface area contributed by atoms with Crippen molar-refractivity contribution in [2.24, 2.45) is 5.11 Å². The molecule has 0 aliphatic carbocycles. The van der Waals surface area contributed by atoms with E-state index in [1.807, 2.05) is 12.1 Å². The molecule has 0 bridgehead atoms. The van der Waals surface area contributed by atoms with Crippen LogP contribution in [0, 0.1) is 0 Å². The number of hydrogen-bond donors (Lipinski definition) is 0. The lowest BCUT2D eigenvalue weighted by Crippen LogP contribution is -1.73. The predicted molar refractivity (Wildman–Crippen MR) is 44.8 cm³/mol. The maximum Gasteiger partial charge on any atom is 0.0474 e. The summed E-state index contributed by atoms with van der Waals surface area (Å²) in [7, 11) is 0. The standard InChI is InChI=1S/C7H6ClN3/c8-5-6-1-3-7(4-2-6)10-11-9/h1-4H,5H2. The lowest BCUT2D eigenvalue weighted by molar-refractivity contribution is 1.38. The number of alkyl halides is 1. The van der Waals surface area contributed by atoms with Crippen molar-refractivity contribution in [1.82, 2.24) is 0 Å². The summed E-state index contributed by atoms with van der Waals surface area (Å²) in [5, 5.41) is 3.42. The van der Waals surface area contributed by atoms with Crippen LogP contribution < -0.4 is 0 Å². The molecule has 11 heavy (non-hydrogen) atoms. The quantitative estimate of drug-likeness (QED) is 0.281. The van der Waals surface area contributed by atoms with Crippen LogP contribution in [0.2, 0.25) is 0 Å². The van der Waals surface area contributed by atoms with Gasteiger partial charge < -0.3 is 0 Å². The zero-order valence-corrected chi connectivity index (χ0v) is 6.49. The molecule has 0 aromatic heterocycles. The van der Waals surface area contributed by atoms with E-state index in [4.69, 9.17) is 17.1 Å². The molecule has 4 heteroatoms. The summed E-state index contributed by atoms with van der Waals surface area (Å²) < 4.78 is 0. The molecule has 0 atom stereocenters. The first kappa shape index (κ1) is 7.92. The van der Waals surface area contributed by atoms with Gasteiger partial charge in [-0.3, -0.25) is 0 Å². The van der Waals surface area contributed by atoms with Crippen LogP contribution in [0.3, 0.4) is 0 Å². The topological polar surface area (TPSA) is 48.8 Å². The van der Waals surface area contributed by atoms with Crippen LogP contribution in [0.25, 0.3) is 10.4 Å². The third-order valence-corrected chi connectivity index (χ3v) is 1.56. The minimum Gasteiger partial charge on any atom is -0.122 e. The summed E-state index contributed by atoms with van der Waals surface area (Å²) in [6.45, 7) is 0. The van der Waals surface area contributed by atoms with Crippen molar-refractivity contribution in [3.05, 3.63) is 40.3 Å². The molecule has 0 aliphatic rings. The SMILES string of the molecule is [N-]=[N+]=Nc1ccc(CCl)cc1. The lowest BCUT2D eigenvalue weighted by atomic mass is 10.2. The molecule has 0 fully saturated rings. The summed E-state index contributed by atoms with van der Waals surface area (Å²) in [4.78, 5) is 2.65. The van der Waals surface area contributed by atoms with Gasteiger partial charge in [-0.1, -0.05) is 29.4 Å². The number of hydrogen-bond acceptors (Lipinski definition) is 1. The van der Waals surface area contributed by atoms with E-state index in [2.05, 4.69) is 10.0 Å². The molecule has 0 N–H and O–H groups in total. The molecule has 0 radical (unpaired) electrons. The fourth-order valence-corrected chi connectivity index (χ4v) is 0.882. The van der Waals surface area contributed by atoms with E-state index in [1.165, 1.54) is 0 Å². The highest BCUT2D eigenvalue weighted by atomic mass is 35.5. The van der Waals surface area contributed by atoms with Gasteiger partial charge in [-0.05, 0) is 11.1 Å². The Hall–Kier alpha value is -1.18. The Morgan fingerprint density at radius 2 is 2.00 bits per heavy atom. The Bertz CT molecular complexity index is 274. The molecule has 0 saturated carbocycles. The fraction of sp³-hybridized carbons (Fsp3) is 0.143. The second-order valence-corrected chi connectivity index (χ2v) is 2.26. The van der Waals surface area contributed by atoms with Gasteiger partial charge in [0, 0.05) is 16.5 Å². The van der Waals surface area contributed by atoms with Gasteiger partial charge in [-0.25, -0.2) is 0 Å². The van der Waals surface area contributed by atoms with Gasteiger partial charge in [0.1, 0.15) is 0 Å². The molecular formula is C7H6ClN3. The first-order valence-corrected chi connectivity index (χ1v) is 3.60. The molecule has 0 aliphatic heterocycles. The van der Waals surface area contributed by atoms with E-state index in [-0.39, 0.29) is 0 Å². The number of halogens is 1. The molecule has 0 amide bonds. The number of rotatable bonds is 2. The highest BCUT2D eigenvalue weighted by Gasteiger charge is 1.89. The Balaban J connectivity index is 2.91. The Morgan fingerprint density at radius 1 is 1.36 bits per heavy atom. The molecular weight excluding hydrogens is 162 g/mol. The first-order chi connectivity index (χ1) is 5.36. The third-order valence-electron chi connectivity index (χ3n) is 1.25. The maximum absolute atomic E-state index is 8.08. The van der Waals surface area contributed by atoms with Gasteiger partial charge in [0.15, 0.2) is 0 Å². The Morgan fingerprint density at radius 3 is 2.45 bits per heavy atom. The average molecular weight is 168 g/mol. The summed E-state index contributed by atoms with van der Waals surface area (Å²) in [5.74, 6) is 0.483. The molecule has 0 spiro atoms. The highest BCUT2D eigenvalue weighted by Crippen LogP contribution is 2.13. The van der Waals surface area contributed by atoms with E-state index in [0.29, 0.717) is 11.6 Å². The van der Waals surface area contributed by atoms with E-state index in [9.17, 15) is 0 Å². The molecule has 56 valence electrons. The van der Waals surface area contributed by atoms with Crippen molar-refractivity contribution >= 4 is 17.3 Å². The van der Waals surface area contributed by atoms with Gasteiger partial charge in [-0.15, -0.1) is 11.6 Å². The zero-order chi connectivity index (χ0) is 8.10. The van der Waals surface area contributed by atoms with E-state index in [0.717, 1.165) is 5.56 Å².